The Hall–Kier alpha value is -3.44. The summed E-state index contributed by atoms with van der Waals surface area (Å²) < 4.78 is 50.5. The molecule has 4 aliphatic heterocycles. The van der Waals surface area contributed by atoms with Crippen LogP contribution in [0.4, 0.5) is 0 Å². The molecule has 4 aliphatic rings. The second-order valence-corrected chi connectivity index (χ2v) is 20.7. The molecule has 0 amide bonds. The van der Waals surface area contributed by atoms with Gasteiger partial charge in [0, 0.05) is 49.5 Å². The number of oxime groups is 1. The van der Waals surface area contributed by atoms with Gasteiger partial charge in [0.1, 0.15) is 29.8 Å². The number of nitrogens with one attached hydrogen (secondary N) is 1. The van der Waals surface area contributed by atoms with Crippen LogP contribution < -0.4 is 10.5 Å². The van der Waals surface area contributed by atoms with Crippen molar-refractivity contribution in [3.05, 3.63) is 41.7 Å². The fourth-order valence-electron chi connectivity index (χ4n) is 9.85. The first-order chi connectivity index (χ1) is 30.6. The third-order valence-electron chi connectivity index (χ3n) is 14.0. The van der Waals surface area contributed by atoms with E-state index in [1.807, 2.05) is 32.0 Å². The lowest BCUT2D eigenvalue weighted by Crippen LogP contribution is -2.59. The number of piperidine rings is 1. The summed E-state index contributed by atoms with van der Waals surface area (Å²) in [7, 11) is -1.86. The van der Waals surface area contributed by atoms with Crippen LogP contribution in [0.5, 0.6) is 0 Å². The predicted molar refractivity (Wildman–Crippen MR) is 238 cm³/mol. The van der Waals surface area contributed by atoms with Gasteiger partial charge in [-0.3, -0.25) is 14.3 Å². The van der Waals surface area contributed by atoms with E-state index >= 15 is 0 Å². The van der Waals surface area contributed by atoms with Gasteiger partial charge in [0.15, 0.2) is 12.1 Å². The van der Waals surface area contributed by atoms with Crippen molar-refractivity contribution in [2.75, 3.05) is 33.3 Å². The van der Waals surface area contributed by atoms with E-state index in [1.165, 1.54) is 26.0 Å². The number of nitrogens with two attached hydrogens (primary N) is 1. The first-order valence-electron chi connectivity index (χ1n) is 23.1. The molecule has 0 saturated carbocycles. The molecule has 0 spiro atoms. The van der Waals surface area contributed by atoms with Crippen molar-refractivity contribution >= 4 is 27.5 Å². The molecule has 20 heteroatoms. The Morgan fingerprint density at radius 2 is 1.75 bits per heavy atom. The van der Waals surface area contributed by atoms with Crippen molar-refractivity contribution in [2.24, 2.45) is 34.0 Å². The Morgan fingerprint density at radius 1 is 1.06 bits per heavy atom. The highest BCUT2D eigenvalue weighted by atomic mass is 32.2. The molecule has 1 aromatic heterocycles. The van der Waals surface area contributed by atoms with Gasteiger partial charge in [0.25, 0.3) is 0 Å². The number of aliphatic hydroxyl groups is 3. The number of primary sulfonamides is 1. The molecule has 0 radical (unpaired) electrons. The van der Waals surface area contributed by atoms with Crippen molar-refractivity contribution < 1.29 is 57.1 Å². The van der Waals surface area contributed by atoms with Crippen molar-refractivity contribution in [1.82, 2.24) is 25.2 Å². The number of ether oxygens (including phenoxy) is 4. The number of esters is 1. The fraction of sp³-hybridized carbons (Fsp3) is 0.756. The molecule has 5 heterocycles. The van der Waals surface area contributed by atoms with Gasteiger partial charge >= 0.3 is 5.97 Å². The Bertz CT molecular complexity index is 2060. The monoisotopic (exact) mass is 933 g/mol. The third kappa shape index (κ3) is 12.0. The zero-order valence-corrected chi connectivity index (χ0v) is 39.9. The number of hydrogen-bond donors (Lipinski definition) is 5. The highest BCUT2D eigenvalue weighted by Crippen LogP contribution is 2.43. The number of Topliss-reactive ketones (excluding diaryl/α,β-unsaturated/α-hetero) is 1. The summed E-state index contributed by atoms with van der Waals surface area (Å²) in [6.45, 7) is 14.6. The van der Waals surface area contributed by atoms with E-state index in [4.69, 9.17) is 28.9 Å². The molecule has 1 aromatic carbocycles. The van der Waals surface area contributed by atoms with Gasteiger partial charge in [0.2, 0.25) is 10.0 Å². The number of ketones is 1. The number of carbonyl (C=O) groups is 2. The lowest BCUT2D eigenvalue weighted by Gasteiger charge is -2.46. The maximum atomic E-state index is 14.4. The number of likely N-dealkylation sites (N-methyl/N-ethyl adjacent to an activating group) is 1. The molecule has 13 atom stereocenters. The molecule has 2 aromatic rings. The summed E-state index contributed by atoms with van der Waals surface area (Å²) >= 11 is 0. The maximum absolute atomic E-state index is 14.4. The van der Waals surface area contributed by atoms with Gasteiger partial charge in [-0.1, -0.05) is 43.3 Å². The summed E-state index contributed by atoms with van der Waals surface area (Å²) in [5.41, 5.74) is -0.926. The lowest BCUT2D eigenvalue weighted by atomic mass is 9.75. The summed E-state index contributed by atoms with van der Waals surface area (Å²) in [6.07, 6.45) is -0.977. The SMILES string of the molecule is CC[C@H]1OC(=O)[C@H](C)C(=O)[C@H](C)[C@@H](O[C@@H]2O[C@H](C)C[C@H](N(C)CCc3cn(CCc4ccc(S(N)(=O)=O)cc4)nn3)[C@H]2O)[C@@]2(C)C[C@@H](CO2)/C(=N\OC2CCNCC2)[C@H](C)[C@@H](O)[C@]1(C)O. The number of aliphatic hydroxyl groups excluding tert-OH is 2. The molecule has 19 nitrogen and oxygen atoms in total. The van der Waals surface area contributed by atoms with Crippen LogP contribution in [-0.2, 0) is 62.8 Å². The molecule has 0 unspecified atom stereocenters. The van der Waals surface area contributed by atoms with Crippen LogP contribution in [0.3, 0.4) is 0 Å². The maximum Gasteiger partial charge on any atom is 0.316 e. The number of sulfonamides is 1. The number of aryl methyl sites for hydroxylation is 2. The zero-order valence-electron chi connectivity index (χ0n) is 39.0. The lowest BCUT2D eigenvalue weighted by molar-refractivity contribution is -0.293. The first kappa shape index (κ1) is 51.0. The average molecular weight is 934 g/mol. The smallest absolute Gasteiger partial charge is 0.316 e. The number of cyclic esters (lactones) is 1. The summed E-state index contributed by atoms with van der Waals surface area (Å²) in [6, 6.07) is 6.00. The minimum absolute atomic E-state index is 0.0536. The standard InChI is InChI=1S/C45H71N7O12S/c1-9-36-45(7,57)40(55)27(3)37(49-64-33-14-18-47-19-15-33)31-23-44(6,60-25-31)41(28(4)38(53)29(5)42(56)62-36)63-43-39(54)35(22-26(2)61-43)51(8)20-17-32-24-52(50-48-32)21-16-30-10-12-34(13-11-30)65(46,58)59/h10-13,24,26-29,31,33,35-36,39-41,43,47,54-55,57H,9,14-23,25H2,1-8H3,(H2,46,58,59)/b49-37-/t26-,27+,28+,29-,31+,35+,36-,39-,40-,41-,43+,44-,45-/m1/s1. The Morgan fingerprint density at radius 3 is 2.42 bits per heavy atom. The van der Waals surface area contributed by atoms with Gasteiger partial charge in [-0.05, 0) is 104 Å². The van der Waals surface area contributed by atoms with E-state index in [9.17, 15) is 33.3 Å². The number of hydrogen-bond acceptors (Lipinski definition) is 17. The van der Waals surface area contributed by atoms with E-state index < -0.39 is 93.4 Å². The molecular formula is C45H71N7O12S. The van der Waals surface area contributed by atoms with Crippen molar-refractivity contribution in [2.45, 2.75) is 165 Å². The fourth-order valence-corrected chi connectivity index (χ4v) is 10.4. The largest absolute Gasteiger partial charge is 0.459 e. The van der Waals surface area contributed by atoms with Crippen LogP contribution >= 0.6 is 0 Å². The molecule has 2 bridgehead atoms. The van der Waals surface area contributed by atoms with E-state index in [2.05, 4.69) is 20.8 Å². The number of aromatic nitrogens is 3. The molecule has 0 aliphatic carbocycles. The molecule has 4 fully saturated rings. The first-order valence-corrected chi connectivity index (χ1v) is 24.6. The highest BCUT2D eigenvalue weighted by molar-refractivity contribution is 7.89. The van der Waals surface area contributed by atoms with Crippen molar-refractivity contribution in [3.63, 3.8) is 0 Å². The highest BCUT2D eigenvalue weighted by Gasteiger charge is 2.55. The minimum atomic E-state index is -3.77. The van der Waals surface area contributed by atoms with Crippen LogP contribution in [0.1, 0.15) is 91.8 Å². The minimum Gasteiger partial charge on any atom is -0.459 e. The van der Waals surface area contributed by atoms with Crippen LogP contribution in [-0.4, -0.2) is 155 Å². The number of rotatable bonds is 13. The Labute approximate surface area is 382 Å². The third-order valence-corrected chi connectivity index (χ3v) is 15.0. The second kappa shape index (κ2) is 21.2. The van der Waals surface area contributed by atoms with Gasteiger partial charge in [-0.25, -0.2) is 13.6 Å². The normalized spacial score (nSPS) is 36.4. The Balaban J connectivity index is 1.19. The zero-order chi connectivity index (χ0) is 47.4. The van der Waals surface area contributed by atoms with Crippen LogP contribution in [0.15, 0.2) is 40.5 Å². The van der Waals surface area contributed by atoms with E-state index in [1.54, 1.807) is 37.6 Å². The second-order valence-electron chi connectivity index (χ2n) is 19.1. The molecule has 364 valence electrons. The van der Waals surface area contributed by atoms with E-state index in [0.29, 0.717) is 38.1 Å². The quantitative estimate of drug-likeness (QED) is 0.109. The average Bonchev–Trinajstić information content (AvgIpc) is 3.92. The van der Waals surface area contributed by atoms with Gasteiger partial charge in [0.05, 0.1) is 46.8 Å². The number of carbonyl (C=O) groups excluding carboxylic acids is 2. The van der Waals surface area contributed by atoms with E-state index in [-0.39, 0.29) is 36.6 Å². The summed E-state index contributed by atoms with van der Waals surface area (Å²) in [5.74, 6) is -4.71. The number of nitrogens with zero attached hydrogens (tertiary/aromatic N) is 5. The van der Waals surface area contributed by atoms with Crippen molar-refractivity contribution in [1.29, 1.82) is 0 Å². The van der Waals surface area contributed by atoms with Crippen LogP contribution in [0.25, 0.3) is 0 Å². The predicted octanol–water partition coefficient (Wildman–Crippen LogP) is 1.74. The molecule has 65 heavy (non-hydrogen) atoms. The topological polar surface area (TPSA) is 259 Å². The van der Waals surface area contributed by atoms with Crippen LogP contribution in [0.2, 0.25) is 0 Å². The van der Waals surface area contributed by atoms with E-state index in [0.717, 1.165) is 37.2 Å². The summed E-state index contributed by atoms with van der Waals surface area (Å²) in [5, 5.41) is 57.5. The molecule has 4 saturated heterocycles. The van der Waals surface area contributed by atoms with Gasteiger partial charge in [-0.2, -0.15) is 0 Å². The molecular weight excluding hydrogens is 863 g/mol. The molecule has 6 N–H and O–H groups in total. The van der Waals surface area contributed by atoms with Crippen LogP contribution in [0, 0.1) is 23.7 Å². The van der Waals surface area contributed by atoms with Gasteiger partial charge < -0.3 is 49.3 Å². The van der Waals surface area contributed by atoms with Crippen molar-refractivity contribution in [3.8, 4) is 0 Å². The van der Waals surface area contributed by atoms with Gasteiger partial charge in [-0.15, -0.1) is 5.10 Å². The number of benzene rings is 1. The number of fused-ring (bicyclic) bond motifs is 2. The summed E-state index contributed by atoms with van der Waals surface area (Å²) in [4.78, 5) is 36.3. The molecule has 6 rings (SSSR count). The Kier molecular flexibility index (Phi) is 16.7.